The molecule has 1 aromatic rings. The molecule has 105 valence electrons. The van der Waals surface area contributed by atoms with Crippen molar-refractivity contribution < 1.29 is 14.1 Å². The van der Waals surface area contributed by atoms with Gasteiger partial charge in [-0.15, -0.1) is 0 Å². The first-order chi connectivity index (χ1) is 9.61. The van der Waals surface area contributed by atoms with E-state index in [0.29, 0.717) is 32.4 Å². The standard InChI is InChI=1S/C11H13BFN4O3/c13-10-7-9(17(19)20)1-2-11(10)16-6-5-15(12-8-18)4-3-14-16/h1-2,7-8,14H,3-6H2. The number of carbonyl (C=O) groups is 1. The molecule has 0 aromatic heterocycles. The maximum atomic E-state index is 13.9. The Morgan fingerprint density at radius 2 is 2.20 bits per heavy atom. The van der Waals surface area contributed by atoms with E-state index in [1.165, 1.54) is 19.5 Å². The highest BCUT2D eigenvalue weighted by Gasteiger charge is 2.19. The minimum atomic E-state index is -0.653. The monoisotopic (exact) mass is 279 g/mol. The number of nitro groups is 1. The zero-order valence-electron chi connectivity index (χ0n) is 10.7. The molecule has 0 aliphatic carbocycles. The summed E-state index contributed by atoms with van der Waals surface area (Å²) in [7, 11) is 1.44. The number of hydrogen-bond donors (Lipinski definition) is 1. The minimum Gasteiger partial charge on any atom is -0.337 e. The molecule has 9 heteroatoms. The smallest absolute Gasteiger partial charge is 0.293 e. The van der Waals surface area contributed by atoms with Crippen molar-refractivity contribution >= 4 is 25.0 Å². The first-order valence-electron chi connectivity index (χ1n) is 6.09. The summed E-state index contributed by atoms with van der Waals surface area (Å²) in [5.41, 5.74) is 2.99. The van der Waals surface area contributed by atoms with E-state index in [1.54, 1.807) is 5.01 Å². The molecular formula is C11H13BFN4O3. The number of nitrogens with zero attached hydrogens (tertiary/aromatic N) is 3. The Kier molecular flexibility index (Phi) is 4.64. The Balaban J connectivity index is 2.11. The maximum Gasteiger partial charge on any atom is 0.293 e. The first-order valence-corrected chi connectivity index (χ1v) is 6.09. The molecular weight excluding hydrogens is 266 g/mol. The van der Waals surface area contributed by atoms with E-state index in [0.717, 1.165) is 6.07 Å². The van der Waals surface area contributed by atoms with Gasteiger partial charge in [-0.1, -0.05) is 0 Å². The van der Waals surface area contributed by atoms with Crippen molar-refractivity contribution in [1.29, 1.82) is 0 Å². The van der Waals surface area contributed by atoms with E-state index in [9.17, 15) is 19.3 Å². The number of carbonyl (C=O) groups excluding carboxylic acids is 1. The van der Waals surface area contributed by atoms with E-state index in [4.69, 9.17) is 0 Å². The number of nitrogens with one attached hydrogen (secondary N) is 1. The summed E-state index contributed by atoms with van der Waals surface area (Å²) in [6.45, 7) is 2.19. The van der Waals surface area contributed by atoms with Crippen LogP contribution in [0.1, 0.15) is 0 Å². The molecule has 0 atom stereocenters. The van der Waals surface area contributed by atoms with Gasteiger partial charge in [-0.25, -0.2) is 9.82 Å². The fourth-order valence-electron chi connectivity index (χ4n) is 2.02. The highest BCUT2D eigenvalue weighted by atomic mass is 19.1. The summed E-state index contributed by atoms with van der Waals surface area (Å²) in [6, 6.07) is 3.54. The summed E-state index contributed by atoms with van der Waals surface area (Å²) in [4.78, 5) is 22.2. The van der Waals surface area contributed by atoms with Gasteiger partial charge in [-0.05, 0) is 6.07 Å². The number of nitro benzene ring substituents is 1. The van der Waals surface area contributed by atoms with Crippen molar-refractivity contribution in [1.82, 2.24) is 10.2 Å². The fraction of sp³-hybridized carbons (Fsp3) is 0.364. The van der Waals surface area contributed by atoms with E-state index >= 15 is 0 Å². The quantitative estimate of drug-likeness (QED) is 0.366. The van der Waals surface area contributed by atoms with Crippen molar-refractivity contribution in [3.63, 3.8) is 0 Å². The summed E-state index contributed by atoms with van der Waals surface area (Å²) in [5, 5.41) is 12.2. The van der Waals surface area contributed by atoms with Crippen molar-refractivity contribution in [3.05, 3.63) is 34.1 Å². The molecule has 1 aromatic carbocycles. The number of hydrogen-bond acceptors (Lipinski definition) is 6. The molecule has 0 spiro atoms. The van der Waals surface area contributed by atoms with Gasteiger partial charge in [0.1, 0.15) is 0 Å². The second-order valence-corrected chi connectivity index (χ2v) is 4.27. The number of anilines is 1. The Labute approximate surface area is 115 Å². The van der Waals surface area contributed by atoms with Crippen molar-refractivity contribution in [2.75, 3.05) is 31.2 Å². The number of hydrazine groups is 1. The largest absolute Gasteiger partial charge is 0.337 e. The van der Waals surface area contributed by atoms with Crippen molar-refractivity contribution in [2.24, 2.45) is 0 Å². The molecule has 0 saturated carbocycles. The lowest BCUT2D eigenvalue weighted by molar-refractivity contribution is -0.385. The zero-order valence-corrected chi connectivity index (χ0v) is 10.7. The average Bonchev–Trinajstić information content (AvgIpc) is 2.65. The Morgan fingerprint density at radius 1 is 1.40 bits per heavy atom. The van der Waals surface area contributed by atoms with Crippen LogP contribution in [0.5, 0.6) is 0 Å². The van der Waals surface area contributed by atoms with Crippen LogP contribution in [0.4, 0.5) is 15.8 Å². The van der Waals surface area contributed by atoms with Crippen LogP contribution in [0.3, 0.4) is 0 Å². The predicted octanol–water partition coefficient (Wildman–Crippen LogP) is 0.170. The number of benzene rings is 1. The van der Waals surface area contributed by atoms with Gasteiger partial charge < -0.3 is 14.6 Å². The molecule has 1 heterocycles. The molecule has 0 unspecified atom stereocenters. The van der Waals surface area contributed by atoms with Crippen molar-refractivity contribution in [3.8, 4) is 0 Å². The number of non-ortho nitro benzene ring substituents is 1. The van der Waals surface area contributed by atoms with Crippen LogP contribution in [-0.2, 0) is 4.79 Å². The summed E-state index contributed by atoms with van der Waals surface area (Å²) < 4.78 is 13.9. The zero-order chi connectivity index (χ0) is 14.5. The lowest BCUT2D eigenvalue weighted by atomic mass is 9.95. The molecule has 1 saturated heterocycles. The Morgan fingerprint density at radius 3 is 2.85 bits per heavy atom. The summed E-state index contributed by atoms with van der Waals surface area (Å²) >= 11 is 0. The third-order valence-electron chi connectivity index (χ3n) is 3.02. The molecule has 1 fully saturated rings. The Hall–Kier alpha value is -2.00. The SMILES string of the molecule is O=C[B]N1CCNN(c2ccc([N+](=O)[O-])cc2F)CC1. The molecule has 1 aliphatic heterocycles. The van der Waals surface area contributed by atoms with Gasteiger partial charge in [-0.2, -0.15) is 0 Å². The van der Waals surface area contributed by atoms with Crippen LogP contribution in [-0.4, -0.2) is 49.5 Å². The van der Waals surface area contributed by atoms with Crippen LogP contribution in [0.2, 0.25) is 0 Å². The molecule has 0 bridgehead atoms. The lowest BCUT2D eigenvalue weighted by Gasteiger charge is -2.23. The second-order valence-electron chi connectivity index (χ2n) is 4.27. The molecule has 1 radical (unpaired) electrons. The van der Waals surface area contributed by atoms with E-state index in [2.05, 4.69) is 5.43 Å². The third kappa shape index (κ3) is 3.31. The van der Waals surface area contributed by atoms with E-state index < -0.39 is 10.7 Å². The lowest BCUT2D eigenvalue weighted by Crippen LogP contribution is -2.39. The minimum absolute atomic E-state index is 0.253. The van der Waals surface area contributed by atoms with Crippen LogP contribution in [0, 0.1) is 15.9 Å². The van der Waals surface area contributed by atoms with Gasteiger partial charge in [0, 0.05) is 32.2 Å². The molecule has 0 amide bonds. The van der Waals surface area contributed by atoms with Gasteiger partial charge in [0.05, 0.1) is 22.9 Å². The van der Waals surface area contributed by atoms with E-state index in [1.807, 2.05) is 4.81 Å². The number of halogens is 1. The van der Waals surface area contributed by atoms with Gasteiger partial charge in [0.15, 0.2) is 5.82 Å². The first kappa shape index (κ1) is 14.4. The van der Waals surface area contributed by atoms with Crippen LogP contribution in [0.25, 0.3) is 0 Å². The van der Waals surface area contributed by atoms with Crippen LogP contribution < -0.4 is 10.4 Å². The Bertz CT molecular complexity index is 516. The molecule has 2 rings (SSSR count). The van der Waals surface area contributed by atoms with Crippen LogP contribution >= 0.6 is 0 Å². The van der Waals surface area contributed by atoms with Gasteiger partial charge in [-0.3, -0.25) is 10.1 Å². The summed E-state index contributed by atoms with van der Waals surface area (Å²) in [6.07, 6.45) is 0.710. The summed E-state index contributed by atoms with van der Waals surface area (Å²) in [5.74, 6) is -0.653. The number of rotatable bonds is 4. The highest BCUT2D eigenvalue weighted by molar-refractivity contribution is 6.64. The highest BCUT2D eigenvalue weighted by Crippen LogP contribution is 2.23. The van der Waals surface area contributed by atoms with Crippen LogP contribution in [0.15, 0.2) is 18.2 Å². The van der Waals surface area contributed by atoms with Gasteiger partial charge >= 0.3 is 0 Å². The predicted molar refractivity (Wildman–Crippen MR) is 72.5 cm³/mol. The maximum absolute atomic E-state index is 13.9. The average molecular weight is 279 g/mol. The molecule has 1 aliphatic rings. The third-order valence-corrected chi connectivity index (χ3v) is 3.02. The molecule has 7 nitrogen and oxygen atoms in total. The van der Waals surface area contributed by atoms with Gasteiger partial charge in [0.25, 0.3) is 13.1 Å². The second kappa shape index (κ2) is 6.44. The molecule has 20 heavy (non-hydrogen) atoms. The molecule has 1 N–H and O–H groups in total. The topological polar surface area (TPSA) is 78.7 Å². The van der Waals surface area contributed by atoms with Crippen molar-refractivity contribution in [2.45, 2.75) is 0 Å². The van der Waals surface area contributed by atoms with E-state index in [-0.39, 0.29) is 11.4 Å². The van der Waals surface area contributed by atoms with Gasteiger partial charge in [0.2, 0.25) is 0 Å². The fourth-order valence-corrected chi connectivity index (χ4v) is 2.02. The normalized spacial score (nSPS) is 16.6.